The van der Waals surface area contributed by atoms with Gasteiger partial charge in [0.2, 0.25) is 0 Å². The number of aliphatic imine (C=N–C) groups is 1. The summed E-state index contributed by atoms with van der Waals surface area (Å²) in [6.45, 7) is 5.71. The molecule has 2 N–H and O–H groups in total. The predicted octanol–water partition coefficient (Wildman–Crippen LogP) is 4.56. The average Bonchev–Trinajstić information content (AvgIpc) is 3.42. The van der Waals surface area contributed by atoms with Crippen LogP contribution in [0.1, 0.15) is 64.4 Å². The summed E-state index contributed by atoms with van der Waals surface area (Å²) >= 11 is 0. The summed E-state index contributed by atoms with van der Waals surface area (Å²) in [5.41, 5.74) is 5.79. The van der Waals surface area contributed by atoms with E-state index in [-0.39, 0.29) is 37.4 Å². The van der Waals surface area contributed by atoms with Gasteiger partial charge in [-0.25, -0.2) is 15.0 Å². The van der Waals surface area contributed by atoms with Crippen molar-refractivity contribution >= 4 is 17.8 Å². The van der Waals surface area contributed by atoms with Crippen LogP contribution < -0.4 is 5.73 Å². The number of nitrogens with two attached hydrogens (primary N) is 1. The lowest BCUT2D eigenvalue weighted by molar-refractivity contribution is -0.138. The van der Waals surface area contributed by atoms with E-state index in [9.17, 15) is 22.8 Å². The average molecular weight is 551 g/mol. The van der Waals surface area contributed by atoms with Gasteiger partial charge >= 0.3 is 6.18 Å². The second kappa shape index (κ2) is 10.0. The summed E-state index contributed by atoms with van der Waals surface area (Å²) < 4.78 is 42.0. The molecule has 2 amide bonds. The van der Waals surface area contributed by atoms with E-state index in [0.29, 0.717) is 34.6 Å². The first-order chi connectivity index (χ1) is 18.9. The molecule has 2 aliphatic heterocycles. The summed E-state index contributed by atoms with van der Waals surface area (Å²) in [6, 6.07) is 12.4. The zero-order valence-corrected chi connectivity index (χ0v) is 22.4. The Morgan fingerprint density at radius 2 is 1.85 bits per heavy atom. The minimum Gasteiger partial charge on any atom is -0.369 e. The number of benzene rings is 2. The lowest BCUT2D eigenvalue weighted by Crippen LogP contribution is -2.43. The molecule has 0 bridgehead atoms. The Morgan fingerprint density at radius 1 is 1.12 bits per heavy atom. The van der Waals surface area contributed by atoms with E-state index in [4.69, 9.17) is 5.73 Å². The Hall–Kier alpha value is -4.28. The number of rotatable bonds is 6. The zero-order valence-electron chi connectivity index (χ0n) is 22.4. The van der Waals surface area contributed by atoms with Crippen LogP contribution in [0.2, 0.25) is 0 Å². The number of hydrogen-bond acceptors (Lipinski definition) is 6. The first kappa shape index (κ1) is 27.3. The van der Waals surface area contributed by atoms with Crippen LogP contribution in [0, 0.1) is 12.8 Å². The highest BCUT2D eigenvalue weighted by atomic mass is 19.4. The van der Waals surface area contributed by atoms with Gasteiger partial charge in [-0.1, -0.05) is 50.2 Å². The molecule has 40 heavy (non-hydrogen) atoms. The third-order valence-electron chi connectivity index (χ3n) is 7.16. The number of halogens is 3. The Kier molecular flexibility index (Phi) is 6.85. The molecular weight excluding hydrogens is 521 g/mol. The van der Waals surface area contributed by atoms with Crippen molar-refractivity contribution in [2.24, 2.45) is 16.6 Å². The van der Waals surface area contributed by atoms with E-state index in [1.54, 1.807) is 13.1 Å². The number of carbonyl (C=O) groups excluding carboxylic acids is 2. The van der Waals surface area contributed by atoms with Crippen LogP contribution in [0.25, 0.3) is 0 Å². The molecule has 208 valence electrons. The minimum absolute atomic E-state index is 0.0220. The van der Waals surface area contributed by atoms with Gasteiger partial charge < -0.3 is 10.6 Å². The van der Waals surface area contributed by atoms with Crippen molar-refractivity contribution in [2.45, 2.75) is 58.5 Å². The van der Waals surface area contributed by atoms with Gasteiger partial charge in [-0.3, -0.25) is 14.5 Å². The van der Waals surface area contributed by atoms with Crippen LogP contribution in [0.3, 0.4) is 0 Å². The molecule has 11 heteroatoms. The molecule has 0 fully saturated rings. The lowest BCUT2D eigenvalue weighted by atomic mass is 9.82. The third kappa shape index (κ3) is 4.91. The van der Waals surface area contributed by atoms with E-state index in [1.165, 1.54) is 21.9 Å². The molecular formula is C29H29F3N6O2. The van der Waals surface area contributed by atoms with Gasteiger partial charge in [0.15, 0.2) is 11.5 Å². The van der Waals surface area contributed by atoms with Crippen LogP contribution in [0.15, 0.2) is 59.7 Å². The van der Waals surface area contributed by atoms with E-state index in [2.05, 4.69) is 15.0 Å². The fourth-order valence-electron chi connectivity index (χ4n) is 5.39. The van der Waals surface area contributed by atoms with Crippen molar-refractivity contribution < 1.29 is 22.8 Å². The van der Waals surface area contributed by atoms with E-state index >= 15 is 0 Å². The fourth-order valence-corrected chi connectivity index (χ4v) is 5.39. The molecule has 3 aromatic rings. The molecule has 0 spiro atoms. The van der Waals surface area contributed by atoms with Crippen LogP contribution in [-0.2, 0) is 36.1 Å². The summed E-state index contributed by atoms with van der Waals surface area (Å²) in [7, 11) is 0. The molecule has 2 aromatic carbocycles. The Morgan fingerprint density at radius 3 is 2.52 bits per heavy atom. The van der Waals surface area contributed by atoms with Crippen molar-refractivity contribution in [1.82, 2.24) is 19.8 Å². The summed E-state index contributed by atoms with van der Waals surface area (Å²) in [6.07, 6.45) is -2.76. The topological polar surface area (TPSA) is 105 Å². The molecule has 5 rings (SSSR count). The number of nitrogens with zero attached hydrogens (tertiary/aromatic N) is 5. The highest BCUT2D eigenvalue weighted by Crippen LogP contribution is 2.40. The maximum atomic E-state index is 14.0. The van der Waals surface area contributed by atoms with Crippen molar-refractivity contribution in [2.75, 3.05) is 0 Å². The number of alkyl halides is 3. The zero-order chi connectivity index (χ0) is 28.8. The Bertz CT molecular complexity index is 1510. The molecule has 0 saturated heterocycles. The smallest absolute Gasteiger partial charge is 0.369 e. The van der Waals surface area contributed by atoms with Crippen molar-refractivity contribution in [3.8, 4) is 0 Å². The van der Waals surface area contributed by atoms with Crippen LogP contribution in [0.4, 0.5) is 13.2 Å². The van der Waals surface area contributed by atoms with Crippen LogP contribution in [-0.4, -0.2) is 37.5 Å². The second-order valence-electron chi connectivity index (χ2n) is 10.6. The SMILES string of the molecule is Cc1ncc2c(n1)CN(C(=O)c1cc(CN3C(=O)C(CC(C)C)(c4ccccc4)N=C3N)ccc1C(F)(F)F)C2. The molecule has 0 saturated carbocycles. The number of carbonyl (C=O) groups is 2. The minimum atomic E-state index is -4.75. The maximum Gasteiger partial charge on any atom is 0.417 e. The highest BCUT2D eigenvalue weighted by Gasteiger charge is 2.49. The summed E-state index contributed by atoms with van der Waals surface area (Å²) in [4.78, 5) is 42.9. The number of aromatic nitrogens is 2. The Balaban J connectivity index is 1.47. The standard InChI is InChI=1S/C29H29F3N6O2/c1-17(2)12-28(21-7-5-4-6-8-21)26(40)38(27(33)36-28)14-19-9-10-23(29(30,31)32)22(11-19)25(39)37-15-20-13-34-18(3)35-24(20)16-37/h4-11,13,17H,12,14-16H2,1-3H3,(H2,33,36). The van der Waals surface area contributed by atoms with E-state index < -0.39 is 28.7 Å². The summed E-state index contributed by atoms with van der Waals surface area (Å²) in [5, 5.41) is 0. The highest BCUT2D eigenvalue weighted by molar-refractivity contribution is 6.07. The number of aryl methyl sites for hydroxylation is 1. The van der Waals surface area contributed by atoms with E-state index in [0.717, 1.165) is 6.07 Å². The fraction of sp³-hybridized carbons (Fsp3) is 0.345. The largest absolute Gasteiger partial charge is 0.417 e. The van der Waals surface area contributed by atoms with Gasteiger partial charge in [0.25, 0.3) is 11.8 Å². The number of guanidine groups is 1. The first-order valence-electron chi connectivity index (χ1n) is 12.9. The van der Waals surface area contributed by atoms with Crippen LogP contribution in [0.5, 0.6) is 0 Å². The maximum absolute atomic E-state index is 14.0. The van der Waals surface area contributed by atoms with Gasteiger partial charge in [0, 0.05) is 18.3 Å². The lowest BCUT2D eigenvalue weighted by Gasteiger charge is -2.28. The molecule has 1 atom stereocenters. The predicted molar refractivity (Wildman–Crippen MR) is 142 cm³/mol. The van der Waals surface area contributed by atoms with Gasteiger partial charge in [-0.15, -0.1) is 0 Å². The van der Waals surface area contributed by atoms with Gasteiger partial charge in [-0.2, -0.15) is 13.2 Å². The summed E-state index contributed by atoms with van der Waals surface area (Å²) in [5.74, 6) is -0.538. The molecule has 1 unspecified atom stereocenters. The van der Waals surface area contributed by atoms with Gasteiger partial charge in [-0.05, 0) is 42.5 Å². The molecule has 0 radical (unpaired) electrons. The molecule has 3 heterocycles. The quantitative estimate of drug-likeness (QED) is 0.485. The number of fused-ring (bicyclic) bond motifs is 1. The molecule has 1 aromatic heterocycles. The van der Waals surface area contributed by atoms with Crippen LogP contribution >= 0.6 is 0 Å². The molecule has 2 aliphatic rings. The van der Waals surface area contributed by atoms with Crippen molar-refractivity contribution in [3.63, 3.8) is 0 Å². The monoisotopic (exact) mass is 550 g/mol. The van der Waals surface area contributed by atoms with Crippen molar-refractivity contribution in [1.29, 1.82) is 0 Å². The first-order valence-corrected chi connectivity index (χ1v) is 12.9. The third-order valence-corrected chi connectivity index (χ3v) is 7.16. The second-order valence-corrected chi connectivity index (χ2v) is 10.6. The molecule has 0 aliphatic carbocycles. The van der Waals surface area contributed by atoms with Gasteiger partial charge in [0.1, 0.15) is 5.82 Å². The van der Waals surface area contributed by atoms with Crippen molar-refractivity contribution in [3.05, 3.63) is 94.1 Å². The molecule has 8 nitrogen and oxygen atoms in total. The normalized spacial score (nSPS) is 18.9. The van der Waals surface area contributed by atoms with Gasteiger partial charge in [0.05, 0.1) is 29.9 Å². The Labute approximate surface area is 229 Å². The van der Waals surface area contributed by atoms with E-state index in [1.807, 2.05) is 44.2 Å². The number of amides is 2. The number of hydrogen-bond donors (Lipinski definition) is 1.